The molecule has 146 valence electrons. The van der Waals surface area contributed by atoms with E-state index in [-0.39, 0.29) is 11.7 Å². The number of carbonyl (C=O) groups excluding carboxylic acids is 1. The lowest BCUT2D eigenvalue weighted by Crippen LogP contribution is -2.26. The highest BCUT2D eigenvalue weighted by Gasteiger charge is 2.18. The van der Waals surface area contributed by atoms with E-state index < -0.39 is 0 Å². The Kier molecular flexibility index (Phi) is 7.92. The molecular formula is C21H26FNO4. The molecule has 0 unspecified atom stereocenters. The normalized spacial score (nSPS) is 10.4. The number of ether oxygens (including phenoxy) is 3. The summed E-state index contributed by atoms with van der Waals surface area (Å²) in [5.74, 6) is 0.861. The summed E-state index contributed by atoms with van der Waals surface area (Å²) in [6.45, 7) is 7.23. The molecule has 0 fully saturated rings. The monoisotopic (exact) mass is 375 g/mol. The molecule has 0 bridgehead atoms. The molecule has 5 nitrogen and oxygen atoms in total. The minimum Gasteiger partial charge on any atom is -0.490 e. The molecule has 1 amide bonds. The molecule has 6 heteroatoms. The van der Waals surface area contributed by atoms with Gasteiger partial charge < -0.3 is 19.5 Å². The predicted octanol–water partition coefficient (Wildman–Crippen LogP) is 3.99. The average molecular weight is 375 g/mol. The Morgan fingerprint density at radius 2 is 1.56 bits per heavy atom. The highest BCUT2D eigenvalue weighted by atomic mass is 19.1. The Hall–Kier alpha value is -2.76. The Bertz CT molecular complexity index is 737. The number of amides is 1. The first-order valence-corrected chi connectivity index (χ1v) is 9.18. The first-order chi connectivity index (χ1) is 13.1. The van der Waals surface area contributed by atoms with E-state index in [1.165, 1.54) is 6.07 Å². The molecule has 0 saturated heterocycles. The van der Waals surface area contributed by atoms with Gasteiger partial charge in [0.1, 0.15) is 5.82 Å². The maximum atomic E-state index is 13.7. The first kappa shape index (κ1) is 20.6. The van der Waals surface area contributed by atoms with Crippen LogP contribution >= 0.6 is 0 Å². The van der Waals surface area contributed by atoms with Gasteiger partial charge >= 0.3 is 0 Å². The van der Waals surface area contributed by atoms with Gasteiger partial charge in [0.2, 0.25) is 5.75 Å². The van der Waals surface area contributed by atoms with Crippen molar-refractivity contribution in [1.82, 2.24) is 5.32 Å². The van der Waals surface area contributed by atoms with Gasteiger partial charge in [-0.3, -0.25) is 4.79 Å². The summed E-state index contributed by atoms with van der Waals surface area (Å²) in [7, 11) is 0. The molecule has 0 spiro atoms. The zero-order valence-electron chi connectivity index (χ0n) is 16.0. The van der Waals surface area contributed by atoms with Crippen molar-refractivity contribution in [3.05, 3.63) is 53.3 Å². The summed E-state index contributed by atoms with van der Waals surface area (Å²) in [5, 5.41) is 2.81. The number of rotatable bonds is 10. The van der Waals surface area contributed by atoms with Crippen molar-refractivity contribution in [2.45, 2.75) is 27.2 Å². The van der Waals surface area contributed by atoms with Gasteiger partial charge in [0.25, 0.3) is 5.91 Å². The lowest BCUT2D eigenvalue weighted by Gasteiger charge is -2.17. The zero-order chi connectivity index (χ0) is 19.6. The summed E-state index contributed by atoms with van der Waals surface area (Å²) >= 11 is 0. The number of halogens is 1. The van der Waals surface area contributed by atoms with Gasteiger partial charge in [-0.25, -0.2) is 4.39 Å². The van der Waals surface area contributed by atoms with Gasteiger partial charge in [-0.2, -0.15) is 0 Å². The van der Waals surface area contributed by atoms with E-state index in [4.69, 9.17) is 14.2 Å². The lowest BCUT2D eigenvalue weighted by molar-refractivity contribution is 0.0953. The molecule has 2 aromatic carbocycles. The van der Waals surface area contributed by atoms with Crippen molar-refractivity contribution < 1.29 is 23.4 Å². The second kappa shape index (κ2) is 10.4. The summed E-state index contributed by atoms with van der Waals surface area (Å²) in [4.78, 5) is 12.5. The van der Waals surface area contributed by atoms with Crippen LogP contribution in [0.25, 0.3) is 0 Å². The Labute approximate surface area is 159 Å². The number of benzene rings is 2. The van der Waals surface area contributed by atoms with E-state index in [0.717, 1.165) is 0 Å². The quantitative estimate of drug-likeness (QED) is 0.682. The predicted molar refractivity (Wildman–Crippen MR) is 102 cm³/mol. The summed E-state index contributed by atoms with van der Waals surface area (Å²) < 4.78 is 30.6. The zero-order valence-corrected chi connectivity index (χ0v) is 16.0. The van der Waals surface area contributed by atoms with Crippen molar-refractivity contribution in [1.29, 1.82) is 0 Å². The molecule has 0 heterocycles. The summed E-state index contributed by atoms with van der Waals surface area (Å²) in [5.41, 5.74) is 0.966. The summed E-state index contributed by atoms with van der Waals surface area (Å²) in [6.07, 6.45) is 0.409. The van der Waals surface area contributed by atoms with Crippen molar-refractivity contribution in [2.75, 3.05) is 26.4 Å². The number of hydrogen-bond acceptors (Lipinski definition) is 4. The number of carbonyl (C=O) groups is 1. The molecule has 0 aliphatic rings. The second-order valence-corrected chi connectivity index (χ2v) is 5.70. The third kappa shape index (κ3) is 5.61. The van der Waals surface area contributed by atoms with Crippen LogP contribution in [0, 0.1) is 5.82 Å². The van der Waals surface area contributed by atoms with Crippen molar-refractivity contribution in [2.24, 2.45) is 0 Å². The molecule has 0 aliphatic carbocycles. The van der Waals surface area contributed by atoms with E-state index in [0.29, 0.717) is 61.2 Å². The van der Waals surface area contributed by atoms with E-state index in [9.17, 15) is 9.18 Å². The van der Waals surface area contributed by atoms with Gasteiger partial charge in [-0.1, -0.05) is 18.2 Å². The van der Waals surface area contributed by atoms with Crippen LogP contribution in [-0.4, -0.2) is 32.3 Å². The van der Waals surface area contributed by atoms with E-state index >= 15 is 0 Å². The molecule has 0 aliphatic heterocycles. The number of hydrogen-bond donors (Lipinski definition) is 1. The minimum absolute atomic E-state index is 0.273. The van der Waals surface area contributed by atoms with Gasteiger partial charge in [0.15, 0.2) is 11.5 Å². The fraction of sp³-hybridized carbons (Fsp3) is 0.381. The average Bonchev–Trinajstić information content (AvgIpc) is 2.66. The third-order valence-corrected chi connectivity index (χ3v) is 3.81. The molecule has 27 heavy (non-hydrogen) atoms. The molecule has 2 aromatic rings. The van der Waals surface area contributed by atoms with Crippen LogP contribution in [0.5, 0.6) is 17.2 Å². The Morgan fingerprint density at radius 3 is 2.11 bits per heavy atom. The van der Waals surface area contributed by atoms with Gasteiger partial charge in [-0.05, 0) is 51.0 Å². The summed E-state index contributed by atoms with van der Waals surface area (Å²) in [6, 6.07) is 9.80. The van der Waals surface area contributed by atoms with E-state index in [2.05, 4.69) is 5.32 Å². The van der Waals surface area contributed by atoms with E-state index in [1.807, 2.05) is 20.8 Å². The lowest BCUT2D eigenvalue weighted by atomic mass is 10.1. The molecule has 0 radical (unpaired) electrons. The van der Waals surface area contributed by atoms with Crippen molar-refractivity contribution in [3.63, 3.8) is 0 Å². The fourth-order valence-electron chi connectivity index (χ4n) is 2.63. The maximum absolute atomic E-state index is 13.7. The third-order valence-electron chi connectivity index (χ3n) is 3.81. The van der Waals surface area contributed by atoms with Crippen LogP contribution in [0.3, 0.4) is 0 Å². The van der Waals surface area contributed by atoms with Crippen LogP contribution in [0.15, 0.2) is 36.4 Å². The molecule has 0 atom stereocenters. The first-order valence-electron chi connectivity index (χ1n) is 9.18. The molecule has 2 rings (SSSR count). The minimum atomic E-state index is -0.281. The van der Waals surface area contributed by atoms with Gasteiger partial charge in [0.05, 0.1) is 19.8 Å². The smallest absolute Gasteiger partial charge is 0.251 e. The van der Waals surface area contributed by atoms with E-state index in [1.54, 1.807) is 30.3 Å². The van der Waals surface area contributed by atoms with Crippen molar-refractivity contribution >= 4 is 5.91 Å². The topological polar surface area (TPSA) is 56.8 Å². The molecular weight excluding hydrogens is 349 g/mol. The molecule has 0 aromatic heterocycles. The SMILES string of the molecule is CCOc1cc(C(=O)NCCc2ccccc2F)cc(OCC)c1OCC. The van der Waals surface area contributed by atoms with Gasteiger partial charge in [-0.15, -0.1) is 0 Å². The largest absolute Gasteiger partial charge is 0.490 e. The van der Waals surface area contributed by atoms with Crippen LogP contribution in [0.1, 0.15) is 36.7 Å². The van der Waals surface area contributed by atoms with Crippen LogP contribution in [0.4, 0.5) is 4.39 Å². The van der Waals surface area contributed by atoms with Crippen molar-refractivity contribution in [3.8, 4) is 17.2 Å². The molecule has 1 N–H and O–H groups in total. The van der Waals surface area contributed by atoms with Crippen LogP contribution in [0.2, 0.25) is 0 Å². The maximum Gasteiger partial charge on any atom is 0.251 e. The van der Waals surface area contributed by atoms with Gasteiger partial charge in [0, 0.05) is 12.1 Å². The van der Waals surface area contributed by atoms with Crippen LogP contribution < -0.4 is 19.5 Å². The Morgan fingerprint density at radius 1 is 0.963 bits per heavy atom. The fourth-order valence-corrected chi connectivity index (χ4v) is 2.63. The Balaban J connectivity index is 2.15. The van der Waals surface area contributed by atoms with Crippen LogP contribution in [-0.2, 0) is 6.42 Å². The second-order valence-electron chi connectivity index (χ2n) is 5.70. The highest BCUT2D eigenvalue weighted by molar-refractivity contribution is 5.95. The highest BCUT2D eigenvalue weighted by Crippen LogP contribution is 2.39. The molecule has 0 saturated carbocycles. The number of nitrogens with one attached hydrogen (secondary N) is 1. The standard InChI is InChI=1S/C21H26FNO4/c1-4-25-18-13-16(14-19(26-5-2)20(18)27-6-3)21(24)23-12-11-15-9-7-8-10-17(15)22/h7-10,13-14H,4-6,11-12H2,1-3H3,(H,23,24).